The van der Waals surface area contributed by atoms with Crippen molar-refractivity contribution in [3.8, 4) is 11.5 Å². The maximum atomic E-state index is 11.9. The second kappa shape index (κ2) is 5.54. The molecule has 1 N–H and O–H groups in total. The van der Waals surface area contributed by atoms with E-state index >= 15 is 0 Å². The van der Waals surface area contributed by atoms with Crippen LogP contribution in [0.25, 0.3) is 0 Å². The highest BCUT2D eigenvalue weighted by Crippen LogP contribution is 2.32. The fourth-order valence-electron chi connectivity index (χ4n) is 1.37. The summed E-state index contributed by atoms with van der Waals surface area (Å²) in [6.07, 6.45) is 0. The average Bonchev–Trinajstić information content (AvgIpc) is 2.35. The fourth-order valence-corrected chi connectivity index (χ4v) is 2.60. The third-order valence-corrected chi connectivity index (χ3v) is 3.26. The number of halogens is 2. The van der Waals surface area contributed by atoms with Gasteiger partial charge in [-0.3, -0.25) is 0 Å². The predicted molar refractivity (Wildman–Crippen MR) is 74.9 cm³/mol. The van der Waals surface area contributed by atoms with E-state index in [4.69, 9.17) is 4.74 Å². The molecule has 0 spiro atoms. The number of rotatable bonds is 2. The number of esters is 1. The second-order valence-corrected chi connectivity index (χ2v) is 5.26. The van der Waals surface area contributed by atoms with Crippen LogP contribution in [0.5, 0.6) is 11.5 Å². The minimum absolute atomic E-state index is 0.0973. The molecule has 18 heavy (non-hydrogen) atoms. The molecule has 0 aliphatic heterocycles. The smallest absolute Gasteiger partial charge is 0.347 e. The van der Waals surface area contributed by atoms with Crippen molar-refractivity contribution in [1.82, 2.24) is 0 Å². The predicted octanol–water partition coefficient (Wildman–Crippen LogP) is 4.14. The van der Waals surface area contributed by atoms with Crippen molar-refractivity contribution >= 4 is 37.8 Å². The Kier molecular flexibility index (Phi) is 4.04. The van der Waals surface area contributed by atoms with E-state index < -0.39 is 5.97 Å². The Morgan fingerprint density at radius 3 is 2.44 bits per heavy atom. The molecule has 0 aromatic heterocycles. The molecule has 5 heteroatoms. The molecule has 0 saturated carbocycles. The maximum Gasteiger partial charge on any atom is 0.347 e. The van der Waals surface area contributed by atoms with E-state index in [9.17, 15) is 9.90 Å². The highest BCUT2D eigenvalue weighted by molar-refractivity contribution is 9.11. The van der Waals surface area contributed by atoms with Crippen molar-refractivity contribution in [2.45, 2.75) is 0 Å². The Morgan fingerprint density at radius 1 is 1.11 bits per heavy atom. The third-order valence-electron chi connectivity index (χ3n) is 2.20. The number of ether oxygens (including phenoxy) is 1. The highest BCUT2D eigenvalue weighted by Gasteiger charge is 2.16. The average molecular weight is 372 g/mol. The van der Waals surface area contributed by atoms with Crippen molar-refractivity contribution < 1.29 is 14.6 Å². The lowest BCUT2D eigenvalue weighted by Gasteiger charge is -2.07. The molecule has 2 aromatic carbocycles. The summed E-state index contributed by atoms with van der Waals surface area (Å²) in [7, 11) is 0. The molecule has 0 atom stereocenters. The van der Waals surface area contributed by atoms with Gasteiger partial charge in [-0.05, 0) is 40.2 Å². The molecule has 0 radical (unpaired) electrons. The summed E-state index contributed by atoms with van der Waals surface area (Å²) in [5.74, 6) is -0.321. The summed E-state index contributed by atoms with van der Waals surface area (Å²) in [6, 6.07) is 11.8. The van der Waals surface area contributed by atoms with Crippen LogP contribution < -0.4 is 4.74 Å². The van der Waals surface area contributed by atoms with Crippen LogP contribution in [0.3, 0.4) is 0 Å². The quantitative estimate of drug-likeness (QED) is 0.637. The van der Waals surface area contributed by atoms with Gasteiger partial charge in [0, 0.05) is 4.47 Å². The first-order valence-electron chi connectivity index (χ1n) is 5.03. The van der Waals surface area contributed by atoms with Crippen LogP contribution in [0.4, 0.5) is 0 Å². The SMILES string of the molecule is O=C(Oc1ccccc1)c1cc(Br)cc(Br)c1O. The van der Waals surface area contributed by atoms with Gasteiger partial charge >= 0.3 is 5.97 Å². The van der Waals surface area contributed by atoms with Gasteiger partial charge < -0.3 is 9.84 Å². The molecule has 3 nitrogen and oxygen atoms in total. The number of phenols is 1. The largest absolute Gasteiger partial charge is 0.506 e. The molecular formula is C13H8Br2O3. The van der Waals surface area contributed by atoms with Crippen LogP contribution in [-0.2, 0) is 0 Å². The summed E-state index contributed by atoms with van der Waals surface area (Å²) in [5.41, 5.74) is 0.0973. The summed E-state index contributed by atoms with van der Waals surface area (Å²) >= 11 is 6.41. The van der Waals surface area contributed by atoms with Crippen molar-refractivity contribution in [3.05, 3.63) is 57.0 Å². The Morgan fingerprint density at radius 2 is 1.78 bits per heavy atom. The summed E-state index contributed by atoms with van der Waals surface area (Å²) in [6.45, 7) is 0. The van der Waals surface area contributed by atoms with E-state index in [1.807, 2.05) is 6.07 Å². The van der Waals surface area contributed by atoms with Gasteiger partial charge in [-0.2, -0.15) is 0 Å². The molecule has 92 valence electrons. The topological polar surface area (TPSA) is 46.5 Å². The van der Waals surface area contributed by atoms with Gasteiger partial charge in [-0.15, -0.1) is 0 Å². The molecule has 0 heterocycles. The van der Waals surface area contributed by atoms with E-state index in [0.29, 0.717) is 14.7 Å². The first-order chi connectivity index (χ1) is 8.58. The zero-order chi connectivity index (χ0) is 13.1. The van der Waals surface area contributed by atoms with E-state index in [1.54, 1.807) is 30.3 Å². The van der Waals surface area contributed by atoms with Crippen LogP contribution in [0.15, 0.2) is 51.4 Å². The minimum atomic E-state index is -0.610. The van der Waals surface area contributed by atoms with E-state index in [2.05, 4.69) is 31.9 Å². The number of hydrogen-bond donors (Lipinski definition) is 1. The van der Waals surface area contributed by atoms with Gasteiger partial charge in [0.2, 0.25) is 0 Å². The van der Waals surface area contributed by atoms with Gasteiger partial charge in [0.15, 0.2) is 0 Å². The monoisotopic (exact) mass is 370 g/mol. The summed E-state index contributed by atoms with van der Waals surface area (Å²) < 4.78 is 6.25. The number of aromatic hydroxyl groups is 1. The van der Waals surface area contributed by atoms with Crippen molar-refractivity contribution in [2.75, 3.05) is 0 Å². The standard InChI is InChI=1S/C13H8Br2O3/c14-8-6-10(12(16)11(15)7-8)13(17)18-9-4-2-1-3-5-9/h1-7,16H. The molecule has 0 unspecified atom stereocenters. The highest BCUT2D eigenvalue weighted by atomic mass is 79.9. The van der Waals surface area contributed by atoms with Gasteiger partial charge in [0.25, 0.3) is 0 Å². The molecule has 0 saturated heterocycles. The van der Waals surface area contributed by atoms with E-state index in [-0.39, 0.29) is 11.3 Å². The van der Waals surface area contributed by atoms with Gasteiger partial charge in [-0.25, -0.2) is 4.79 Å². The Hall–Kier alpha value is -1.33. The lowest BCUT2D eigenvalue weighted by atomic mass is 10.2. The molecule has 0 bridgehead atoms. The van der Waals surface area contributed by atoms with Crippen molar-refractivity contribution in [2.24, 2.45) is 0 Å². The van der Waals surface area contributed by atoms with Crippen molar-refractivity contribution in [3.63, 3.8) is 0 Å². The Balaban J connectivity index is 2.30. The summed E-state index contributed by atoms with van der Waals surface area (Å²) in [4.78, 5) is 11.9. The maximum absolute atomic E-state index is 11.9. The molecule has 0 aliphatic rings. The second-order valence-electron chi connectivity index (χ2n) is 3.49. The molecule has 0 aliphatic carbocycles. The number of carbonyl (C=O) groups excluding carboxylic acids is 1. The number of hydrogen-bond acceptors (Lipinski definition) is 3. The van der Waals surface area contributed by atoms with E-state index in [1.165, 1.54) is 6.07 Å². The normalized spacial score (nSPS) is 10.1. The number of carbonyl (C=O) groups is 1. The number of phenolic OH excluding ortho intramolecular Hbond substituents is 1. The number of para-hydroxylation sites is 1. The Bertz CT molecular complexity index is 582. The van der Waals surface area contributed by atoms with E-state index in [0.717, 1.165) is 0 Å². The van der Waals surface area contributed by atoms with Gasteiger partial charge in [0.05, 0.1) is 4.47 Å². The number of benzene rings is 2. The molecule has 0 fully saturated rings. The molecule has 2 aromatic rings. The van der Waals surface area contributed by atoms with Crippen LogP contribution in [0, 0.1) is 0 Å². The lowest BCUT2D eigenvalue weighted by molar-refractivity contribution is 0.0731. The van der Waals surface area contributed by atoms with Crippen LogP contribution in [0.2, 0.25) is 0 Å². The Labute approximate surface area is 121 Å². The molecule has 2 rings (SSSR count). The first kappa shape index (κ1) is 13.1. The fraction of sp³-hybridized carbons (Fsp3) is 0. The minimum Gasteiger partial charge on any atom is -0.506 e. The zero-order valence-electron chi connectivity index (χ0n) is 9.06. The molecule has 0 amide bonds. The lowest BCUT2D eigenvalue weighted by Crippen LogP contribution is -2.08. The first-order valence-corrected chi connectivity index (χ1v) is 6.62. The third kappa shape index (κ3) is 2.91. The zero-order valence-corrected chi connectivity index (χ0v) is 12.2. The summed E-state index contributed by atoms with van der Waals surface area (Å²) in [5, 5.41) is 9.80. The molecular weight excluding hydrogens is 364 g/mol. The van der Waals surface area contributed by atoms with Crippen LogP contribution in [0.1, 0.15) is 10.4 Å². The van der Waals surface area contributed by atoms with Crippen molar-refractivity contribution in [1.29, 1.82) is 0 Å². The van der Waals surface area contributed by atoms with Gasteiger partial charge in [-0.1, -0.05) is 34.1 Å². The van der Waals surface area contributed by atoms with Crippen LogP contribution >= 0.6 is 31.9 Å². The van der Waals surface area contributed by atoms with Gasteiger partial charge in [0.1, 0.15) is 17.1 Å². The van der Waals surface area contributed by atoms with Crippen LogP contribution in [-0.4, -0.2) is 11.1 Å².